The molecule has 1 aliphatic heterocycles. The Labute approximate surface area is 124 Å². The molecular weight excluding hydrogens is 305 g/mol. The number of nitrogens with zero attached hydrogens (tertiary/aromatic N) is 1. The SMILES string of the molecule is CC(C)c1cc(Br)cc(B2OC(C)(C)C(C)(C)O2)n1. The van der Waals surface area contributed by atoms with Gasteiger partial charge in [0.15, 0.2) is 0 Å². The van der Waals surface area contributed by atoms with E-state index in [0.29, 0.717) is 5.92 Å². The van der Waals surface area contributed by atoms with Crippen LogP contribution in [0.3, 0.4) is 0 Å². The van der Waals surface area contributed by atoms with Gasteiger partial charge in [0.25, 0.3) is 0 Å². The second-order valence-corrected chi connectivity index (χ2v) is 7.29. The second-order valence-electron chi connectivity index (χ2n) is 6.38. The molecule has 0 atom stereocenters. The molecular formula is C14H21BBrNO2. The largest absolute Gasteiger partial charge is 0.514 e. The molecule has 2 rings (SSSR count). The summed E-state index contributed by atoms with van der Waals surface area (Å²) in [6.45, 7) is 12.5. The fourth-order valence-electron chi connectivity index (χ4n) is 1.92. The highest BCUT2D eigenvalue weighted by Crippen LogP contribution is 2.36. The first kappa shape index (κ1) is 15.0. The molecule has 5 heteroatoms. The predicted octanol–water partition coefficient (Wildman–Crippen LogP) is 3.27. The molecule has 1 saturated heterocycles. The average Bonchev–Trinajstić information content (AvgIpc) is 2.47. The first-order chi connectivity index (χ1) is 8.62. The van der Waals surface area contributed by atoms with E-state index in [9.17, 15) is 0 Å². The Morgan fingerprint density at radius 1 is 1.11 bits per heavy atom. The third-order valence-electron chi connectivity index (χ3n) is 3.92. The zero-order chi connectivity index (χ0) is 14.4. The van der Waals surface area contributed by atoms with Crippen LogP contribution in [0.2, 0.25) is 0 Å². The molecule has 0 spiro atoms. The Morgan fingerprint density at radius 2 is 1.63 bits per heavy atom. The summed E-state index contributed by atoms with van der Waals surface area (Å²) in [5.41, 5.74) is 1.20. The summed E-state index contributed by atoms with van der Waals surface area (Å²) >= 11 is 3.53. The van der Waals surface area contributed by atoms with E-state index in [2.05, 4.69) is 34.8 Å². The Kier molecular flexibility index (Phi) is 3.84. The van der Waals surface area contributed by atoms with Gasteiger partial charge in [-0.1, -0.05) is 29.8 Å². The molecule has 1 aliphatic rings. The highest BCUT2D eigenvalue weighted by atomic mass is 79.9. The number of hydrogen-bond donors (Lipinski definition) is 0. The second kappa shape index (κ2) is 4.87. The summed E-state index contributed by atoms with van der Waals surface area (Å²) < 4.78 is 13.1. The summed E-state index contributed by atoms with van der Waals surface area (Å²) in [6.07, 6.45) is 0. The lowest BCUT2D eigenvalue weighted by Crippen LogP contribution is -2.41. The summed E-state index contributed by atoms with van der Waals surface area (Å²) in [5, 5.41) is 0. The smallest absolute Gasteiger partial charge is 0.398 e. The van der Waals surface area contributed by atoms with Gasteiger partial charge < -0.3 is 9.31 Å². The lowest BCUT2D eigenvalue weighted by Gasteiger charge is -2.32. The van der Waals surface area contributed by atoms with Crippen LogP contribution in [-0.2, 0) is 9.31 Å². The van der Waals surface area contributed by atoms with E-state index in [0.717, 1.165) is 15.8 Å². The third-order valence-corrected chi connectivity index (χ3v) is 4.37. The van der Waals surface area contributed by atoms with E-state index < -0.39 is 7.12 Å². The van der Waals surface area contributed by atoms with Crippen molar-refractivity contribution in [1.29, 1.82) is 0 Å². The summed E-state index contributed by atoms with van der Waals surface area (Å²) in [5.74, 6) is 0.374. The molecule has 1 aromatic heterocycles. The normalized spacial score (nSPS) is 21.2. The molecule has 0 aromatic carbocycles. The number of halogens is 1. The zero-order valence-electron chi connectivity index (χ0n) is 12.5. The Balaban J connectivity index is 2.34. The first-order valence-corrected chi connectivity index (χ1v) is 7.45. The van der Waals surface area contributed by atoms with Gasteiger partial charge in [-0.2, -0.15) is 0 Å². The summed E-state index contributed by atoms with van der Waals surface area (Å²) in [4.78, 5) is 4.67. The zero-order valence-corrected chi connectivity index (χ0v) is 14.0. The van der Waals surface area contributed by atoms with Crippen molar-refractivity contribution >= 4 is 28.6 Å². The number of rotatable bonds is 2. The topological polar surface area (TPSA) is 31.4 Å². The van der Waals surface area contributed by atoms with E-state index in [1.165, 1.54) is 0 Å². The molecule has 1 aromatic rings. The van der Waals surface area contributed by atoms with Gasteiger partial charge in [-0.05, 0) is 45.7 Å². The minimum absolute atomic E-state index is 0.334. The van der Waals surface area contributed by atoms with Crippen molar-refractivity contribution in [2.75, 3.05) is 0 Å². The van der Waals surface area contributed by atoms with Crippen LogP contribution < -0.4 is 5.59 Å². The van der Waals surface area contributed by atoms with Crippen molar-refractivity contribution in [3.63, 3.8) is 0 Å². The third kappa shape index (κ3) is 2.88. The van der Waals surface area contributed by atoms with E-state index in [1.54, 1.807) is 0 Å². The molecule has 19 heavy (non-hydrogen) atoms. The van der Waals surface area contributed by atoms with Gasteiger partial charge in [0.05, 0.1) is 16.8 Å². The van der Waals surface area contributed by atoms with Gasteiger partial charge in [-0.25, -0.2) is 0 Å². The Morgan fingerprint density at radius 3 is 2.11 bits per heavy atom. The highest BCUT2D eigenvalue weighted by Gasteiger charge is 2.52. The standard InChI is InChI=1S/C14H21BBrNO2/c1-9(2)11-7-10(16)8-12(17-11)15-18-13(3,4)14(5,6)19-15/h7-9H,1-6H3. The lowest BCUT2D eigenvalue weighted by atomic mass is 9.84. The van der Waals surface area contributed by atoms with Crippen LogP contribution in [0.25, 0.3) is 0 Å². The maximum Gasteiger partial charge on any atom is 0.514 e. The van der Waals surface area contributed by atoms with Crippen LogP contribution in [-0.4, -0.2) is 23.3 Å². The fraction of sp³-hybridized carbons (Fsp3) is 0.643. The van der Waals surface area contributed by atoms with Crippen molar-refractivity contribution in [3.05, 3.63) is 22.3 Å². The van der Waals surface area contributed by atoms with Crippen LogP contribution in [0.15, 0.2) is 16.6 Å². The molecule has 0 N–H and O–H groups in total. The average molecular weight is 326 g/mol. The fourth-order valence-corrected chi connectivity index (χ4v) is 2.39. The number of hydrogen-bond acceptors (Lipinski definition) is 3. The molecule has 2 heterocycles. The molecule has 0 amide bonds. The Bertz CT molecular complexity index is 472. The van der Waals surface area contributed by atoms with Gasteiger partial charge in [-0.3, -0.25) is 4.98 Å². The van der Waals surface area contributed by atoms with Gasteiger partial charge >= 0.3 is 7.12 Å². The van der Waals surface area contributed by atoms with Crippen LogP contribution in [0.4, 0.5) is 0 Å². The van der Waals surface area contributed by atoms with Crippen molar-refractivity contribution in [2.24, 2.45) is 0 Å². The van der Waals surface area contributed by atoms with Crippen molar-refractivity contribution < 1.29 is 9.31 Å². The molecule has 104 valence electrons. The van der Waals surface area contributed by atoms with Gasteiger partial charge in [0.1, 0.15) is 0 Å². The lowest BCUT2D eigenvalue weighted by molar-refractivity contribution is 0.00578. The number of aromatic nitrogens is 1. The van der Waals surface area contributed by atoms with Gasteiger partial charge in [0.2, 0.25) is 0 Å². The van der Waals surface area contributed by atoms with Crippen LogP contribution in [0.5, 0.6) is 0 Å². The van der Waals surface area contributed by atoms with E-state index >= 15 is 0 Å². The van der Waals surface area contributed by atoms with E-state index in [-0.39, 0.29) is 11.2 Å². The minimum atomic E-state index is -0.403. The van der Waals surface area contributed by atoms with E-state index in [4.69, 9.17) is 9.31 Å². The molecule has 0 bridgehead atoms. The van der Waals surface area contributed by atoms with Crippen LogP contribution in [0.1, 0.15) is 53.2 Å². The van der Waals surface area contributed by atoms with Crippen molar-refractivity contribution in [3.8, 4) is 0 Å². The van der Waals surface area contributed by atoms with E-state index in [1.807, 2.05) is 39.8 Å². The molecule has 0 saturated carbocycles. The first-order valence-electron chi connectivity index (χ1n) is 6.65. The van der Waals surface area contributed by atoms with Gasteiger partial charge in [-0.15, -0.1) is 0 Å². The quantitative estimate of drug-likeness (QED) is 0.782. The van der Waals surface area contributed by atoms with Gasteiger partial charge in [0, 0.05) is 10.2 Å². The molecule has 0 unspecified atom stereocenters. The predicted molar refractivity (Wildman–Crippen MR) is 81.7 cm³/mol. The molecule has 3 nitrogen and oxygen atoms in total. The summed E-state index contributed by atoms with van der Waals surface area (Å²) in [6, 6.07) is 4.01. The molecule has 0 aliphatic carbocycles. The maximum absolute atomic E-state index is 6.03. The molecule has 0 radical (unpaired) electrons. The summed E-state index contributed by atoms with van der Waals surface area (Å²) in [7, 11) is -0.403. The van der Waals surface area contributed by atoms with Crippen LogP contribution in [0, 0.1) is 0 Å². The van der Waals surface area contributed by atoms with Crippen molar-refractivity contribution in [2.45, 2.75) is 58.7 Å². The number of pyridine rings is 1. The maximum atomic E-state index is 6.03. The Hall–Kier alpha value is -0.385. The monoisotopic (exact) mass is 325 g/mol. The minimum Gasteiger partial charge on any atom is -0.398 e. The highest BCUT2D eigenvalue weighted by molar-refractivity contribution is 9.10. The molecule has 1 fully saturated rings. The van der Waals surface area contributed by atoms with Crippen molar-refractivity contribution in [1.82, 2.24) is 4.98 Å². The van der Waals surface area contributed by atoms with Crippen LogP contribution >= 0.6 is 15.9 Å².